The first kappa shape index (κ1) is 18.3. The van der Waals surface area contributed by atoms with Gasteiger partial charge in [-0.3, -0.25) is 4.72 Å². The fourth-order valence-corrected chi connectivity index (χ4v) is 3.09. The van der Waals surface area contributed by atoms with Gasteiger partial charge in [0.25, 0.3) is 0 Å². The monoisotopic (exact) mass is 381 g/mol. The second-order valence-corrected chi connectivity index (χ2v) is 7.29. The van der Waals surface area contributed by atoms with Gasteiger partial charge in [0.15, 0.2) is 0 Å². The van der Waals surface area contributed by atoms with Crippen LogP contribution in [0, 0.1) is 5.82 Å². The van der Waals surface area contributed by atoms with E-state index in [0.29, 0.717) is 17.4 Å². The number of rotatable bonds is 9. The molecule has 8 heteroatoms. The predicted molar refractivity (Wildman–Crippen MR) is 87.1 cm³/mol. The number of benzene rings is 1. The van der Waals surface area contributed by atoms with Crippen molar-refractivity contribution in [2.24, 2.45) is 0 Å². The van der Waals surface area contributed by atoms with E-state index in [-0.39, 0.29) is 5.69 Å². The summed E-state index contributed by atoms with van der Waals surface area (Å²) in [5.41, 5.74) is 0.186. The molecule has 2 N–H and O–H groups in total. The van der Waals surface area contributed by atoms with Crippen LogP contribution in [0.2, 0.25) is 0 Å². The molecule has 0 fully saturated rings. The average molecular weight is 382 g/mol. The lowest BCUT2D eigenvalue weighted by Gasteiger charge is -2.19. The molecule has 0 atom stereocenters. The second kappa shape index (κ2) is 8.67. The maximum Gasteiger partial charge on any atom is 0.301 e. The van der Waals surface area contributed by atoms with Crippen LogP contribution in [0.15, 0.2) is 22.7 Å². The summed E-state index contributed by atoms with van der Waals surface area (Å²) in [5, 5.41) is 3.21. The van der Waals surface area contributed by atoms with Gasteiger partial charge in [0.05, 0.1) is 5.69 Å². The van der Waals surface area contributed by atoms with Crippen molar-refractivity contribution in [1.29, 1.82) is 0 Å². The van der Waals surface area contributed by atoms with Crippen LogP contribution in [-0.2, 0) is 10.2 Å². The molecule has 0 radical (unpaired) electrons. The van der Waals surface area contributed by atoms with Crippen molar-refractivity contribution in [2.75, 3.05) is 31.4 Å². The van der Waals surface area contributed by atoms with Crippen LogP contribution in [0.3, 0.4) is 0 Å². The fourth-order valence-electron chi connectivity index (χ4n) is 1.64. The van der Waals surface area contributed by atoms with E-state index in [0.717, 1.165) is 25.6 Å². The molecule has 0 aromatic heterocycles. The molecular formula is C13H21BrFN3O2S. The number of halogens is 2. The van der Waals surface area contributed by atoms with Crippen LogP contribution < -0.4 is 10.0 Å². The molecule has 0 saturated carbocycles. The molecule has 0 aliphatic rings. The Morgan fingerprint density at radius 1 is 1.33 bits per heavy atom. The van der Waals surface area contributed by atoms with Crippen LogP contribution in [0.1, 0.15) is 19.8 Å². The van der Waals surface area contributed by atoms with Gasteiger partial charge in [0.1, 0.15) is 5.82 Å². The molecule has 5 nitrogen and oxygen atoms in total. The van der Waals surface area contributed by atoms with Crippen LogP contribution in [0.5, 0.6) is 0 Å². The Morgan fingerprint density at radius 2 is 2.05 bits per heavy atom. The topological polar surface area (TPSA) is 61.4 Å². The molecule has 120 valence electrons. The molecule has 1 rings (SSSR count). The molecule has 0 heterocycles. The SMILES string of the molecule is CCCNCCCN(C)S(=O)(=O)Nc1cc(F)ccc1Br. The Bertz CT molecular complexity index is 554. The van der Waals surface area contributed by atoms with E-state index in [1.807, 2.05) is 0 Å². The quantitative estimate of drug-likeness (QED) is 0.646. The smallest absolute Gasteiger partial charge is 0.301 e. The normalized spacial score (nSPS) is 11.9. The van der Waals surface area contributed by atoms with Crippen LogP contribution >= 0.6 is 15.9 Å². The number of anilines is 1. The molecule has 0 spiro atoms. The summed E-state index contributed by atoms with van der Waals surface area (Å²) < 4.78 is 41.5. The van der Waals surface area contributed by atoms with Gasteiger partial charge >= 0.3 is 10.2 Å². The molecule has 0 unspecified atom stereocenters. The average Bonchev–Trinajstić information content (AvgIpc) is 2.42. The maximum atomic E-state index is 13.2. The summed E-state index contributed by atoms with van der Waals surface area (Å²) in [6, 6.07) is 3.85. The summed E-state index contributed by atoms with van der Waals surface area (Å²) >= 11 is 3.19. The Hall–Kier alpha value is -0.700. The lowest BCUT2D eigenvalue weighted by Crippen LogP contribution is -2.34. The largest absolute Gasteiger partial charge is 0.317 e. The molecule has 21 heavy (non-hydrogen) atoms. The van der Waals surface area contributed by atoms with Gasteiger partial charge < -0.3 is 5.32 Å². The highest BCUT2D eigenvalue weighted by Crippen LogP contribution is 2.24. The minimum Gasteiger partial charge on any atom is -0.317 e. The van der Waals surface area contributed by atoms with Gasteiger partial charge in [0, 0.05) is 18.1 Å². The molecule has 0 aliphatic carbocycles. The molecule has 1 aromatic carbocycles. The van der Waals surface area contributed by atoms with E-state index in [1.54, 1.807) is 0 Å². The first-order valence-electron chi connectivity index (χ1n) is 6.76. The van der Waals surface area contributed by atoms with E-state index < -0.39 is 16.0 Å². The minimum absolute atomic E-state index is 0.186. The highest BCUT2D eigenvalue weighted by atomic mass is 79.9. The van der Waals surface area contributed by atoms with Crippen molar-refractivity contribution in [2.45, 2.75) is 19.8 Å². The van der Waals surface area contributed by atoms with Crippen LogP contribution in [0.25, 0.3) is 0 Å². The first-order chi connectivity index (χ1) is 9.86. The Kier molecular flexibility index (Phi) is 7.58. The zero-order valence-corrected chi connectivity index (χ0v) is 14.6. The predicted octanol–water partition coefficient (Wildman–Crippen LogP) is 2.57. The molecular weight excluding hydrogens is 361 g/mol. The number of nitrogens with one attached hydrogen (secondary N) is 2. The molecule has 0 saturated heterocycles. The lowest BCUT2D eigenvalue weighted by molar-refractivity contribution is 0.458. The van der Waals surface area contributed by atoms with Gasteiger partial charge in [-0.05, 0) is 60.1 Å². The summed E-state index contributed by atoms with van der Waals surface area (Å²) in [7, 11) is -2.19. The van der Waals surface area contributed by atoms with Crippen molar-refractivity contribution in [3.63, 3.8) is 0 Å². The fraction of sp³-hybridized carbons (Fsp3) is 0.538. The van der Waals surface area contributed by atoms with Gasteiger partial charge in [-0.2, -0.15) is 12.7 Å². The molecule has 0 aliphatic heterocycles. The van der Waals surface area contributed by atoms with Gasteiger partial charge in [0.2, 0.25) is 0 Å². The highest BCUT2D eigenvalue weighted by molar-refractivity contribution is 9.10. The van der Waals surface area contributed by atoms with Crippen LogP contribution in [-0.4, -0.2) is 39.4 Å². The highest BCUT2D eigenvalue weighted by Gasteiger charge is 2.18. The van der Waals surface area contributed by atoms with E-state index >= 15 is 0 Å². The molecule has 1 aromatic rings. The molecule has 0 bridgehead atoms. The van der Waals surface area contributed by atoms with Gasteiger partial charge in [-0.25, -0.2) is 4.39 Å². The second-order valence-electron chi connectivity index (χ2n) is 4.66. The van der Waals surface area contributed by atoms with Crippen molar-refractivity contribution in [3.8, 4) is 0 Å². The van der Waals surface area contributed by atoms with E-state index in [1.165, 1.54) is 23.5 Å². The zero-order valence-electron chi connectivity index (χ0n) is 12.2. The maximum absolute atomic E-state index is 13.2. The van der Waals surface area contributed by atoms with E-state index in [9.17, 15) is 12.8 Å². The van der Waals surface area contributed by atoms with Crippen molar-refractivity contribution >= 4 is 31.8 Å². The standard InChI is InChI=1S/C13H21BrFN3O2S/c1-3-7-16-8-4-9-18(2)21(19,20)17-13-10-11(15)5-6-12(13)14/h5-6,10,16-17H,3-4,7-9H2,1-2H3. The summed E-state index contributed by atoms with van der Waals surface area (Å²) in [6.07, 6.45) is 1.75. The van der Waals surface area contributed by atoms with E-state index in [2.05, 4.69) is 32.9 Å². The van der Waals surface area contributed by atoms with Gasteiger partial charge in [-0.15, -0.1) is 0 Å². The van der Waals surface area contributed by atoms with E-state index in [4.69, 9.17) is 0 Å². The van der Waals surface area contributed by atoms with Gasteiger partial charge in [-0.1, -0.05) is 6.92 Å². The molecule has 0 amide bonds. The number of hydrogen-bond donors (Lipinski definition) is 2. The minimum atomic E-state index is -3.69. The Labute approximate surface area is 134 Å². The van der Waals surface area contributed by atoms with Crippen LogP contribution in [0.4, 0.5) is 10.1 Å². The number of nitrogens with zero attached hydrogens (tertiary/aromatic N) is 1. The number of hydrogen-bond acceptors (Lipinski definition) is 3. The Balaban J connectivity index is 2.57. The Morgan fingerprint density at radius 3 is 2.71 bits per heavy atom. The summed E-state index contributed by atoms with van der Waals surface area (Å²) in [5.74, 6) is -0.498. The zero-order chi connectivity index (χ0) is 15.9. The van der Waals surface area contributed by atoms with Crippen molar-refractivity contribution < 1.29 is 12.8 Å². The summed E-state index contributed by atoms with van der Waals surface area (Å²) in [6.45, 7) is 4.14. The third-order valence-electron chi connectivity index (χ3n) is 2.83. The third-order valence-corrected chi connectivity index (χ3v) is 5.00. The van der Waals surface area contributed by atoms with Crippen molar-refractivity contribution in [1.82, 2.24) is 9.62 Å². The first-order valence-corrected chi connectivity index (χ1v) is 9.00. The summed E-state index contributed by atoms with van der Waals surface area (Å²) in [4.78, 5) is 0. The van der Waals surface area contributed by atoms with Crippen molar-refractivity contribution in [3.05, 3.63) is 28.5 Å². The lowest BCUT2D eigenvalue weighted by atomic mass is 10.3. The third kappa shape index (κ3) is 6.29.